The van der Waals surface area contributed by atoms with Crippen LogP contribution in [0.25, 0.3) is 0 Å². The Morgan fingerprint density at radius 2 is 1.64 bits per heavy atom. The van der Waals surface area contributed by atoms with Crippen molar-refractivity contribution >= 4 is 23.2 Å². The predicted octanol–water partition coefficient (Wildman–Crippen LogP) is 5.11. The molecule has 0 spiro atoms. The number of hydrogen-bond acceptors (Lipinski definition) is 4. The third-order valence-electron chi connectivity index (χ3n) is 3.84. The molecule has 0 fully saturated rings. The minimum atomic E-state index is -4.49. The number of amides is 1. The Labute approximate surface area is 159 Å². The van der Waals surface area contributed by atoms with Gasteiger partial charge in [0.15, 0.2) is 0 Å². The molecule has 3 rings (SSSR count). The van der Waals surface area contributed by atoms with E-state index in [-0.39, 0.29) is 17.3 Å². The van der Waals surface area contributed by atoms with Crippen molar-refractivity contribution in [3.05, 3.63) is 77.1 Å². The van der Waals surface area contributed by atoms with Gasteiger partial charge in [-0.1, -0.05) is 23.8 Å². The van der Waals surface area contributed by atoms with Gasteiger partial charge >= 0.3 is 6.18 Å². The molecule has 1 amide bonds. The first kappa shape index (κ1) is 19.3. The molecule has 0 unspecified atom stereocenters. The molecule has 0 aliphatic carbocycles. The fourth-order valence-electron chi connectivity index (χ4n) is 2.48. The first-order valence-corrected chi connectivity index (χ1v) is 8.39. The van der Waals surface area contributed by atoms with Gasteiger partial charge in [-0.2, -0.15) is 13.2 Å². The summed E-state index contributed by atoms with van der Waals surface area (Å²) in [5.74, 6) is -0.408. The van der Waals surface area contributed by atoms with Gasteiger partial charge in [0.05, 0.1) is 5.56 Å². The number of nitrogens with one attached hydrogen (secondary N) is 2. The highest BCUT2D eigenvalue weighted by atomic mass is 19.4. The zero-order valence-electron chi connectivity index (χ0n) is 15.1. The zero-order valence-corrected chi connectivity index (χ0v) is 15.1. The fraction of sp³-hybridized carbons (Fsp3) is 0.150. The molecule has 2 N–H and O–H groups in total. The van der Waals surface area contributed by atoms with E-state index in [0.717, 1.165) is 23.4 Å². The molecule has 0 saturated carbocycles. The molecule has 0 bridgehead atoms. The van der Waals surface area contributed by atoms with Gasteiger partial charge in [-0.25, -0.2) is 9.97 Å². The molecule has 0 radical (unpaired) electrons. The van der Waals surface area contributed by atoms with E-state index in [9.17, 15) is 18.0 Å². The molecule has 28 heavy (non-hydrogen) atoms. The number of aromatic nitrogens is 2. The maximum absolute atomic E-state index is 12.8. The molecule has 0 aliphatic heterocycles. The second-order valence-electron chi connectivity index (χ2n) is 6.24. The Morgan fingerprint density at radius 1 is 0.929 bits per heavy atom. The Kier molecular flexibility index (Phi) is 5.30. The number of halogens is 3. The normalized spacial score (nSPS) is 11.2. The summed E-state index contributed by atoms with van der Waals surface area (Å²) in [6.07, 6.45) is -4.49. The number of alkyl halides is 3. The molecular weight excluding hydrogens is 369 g/mol. The van der Waals surface area contributed by atoms with Gasteiger partial charge < -0.3 is 10.6 Å². The number of rotatable bonds is 4. The minimum absolute atomic E-state index is 0.0316. The fourth-order valence-corrected chi connectivity index (χ4v) is 2.48. The molecule has 1 aromatic heterocycles. The summed E-state index contributed by atoms with van der Waals surface area (Å²) in [7, 11) is 0. The number of aryl methyl sites for hydroxylation is 2. The number of hydrogen-bond donors (Lipinski definition) is 2. The van der Waals surface area contributed by atoms with Crippen LogP contribution in [0.4, 0.5) is 30.5 Å². The highest BCUT2D eigenvalue weighted by Gasteiger charge is 2.30. The van der Waals surface area contributed by atoms with Gasteiger partial charge in [-0.05, 0) is 50.2 Å². The van der Waals surface area contributed by atoms with Crippen molar-refractivity contribution in [1.29, 1.82) is 0 Å². The number of nitrogens with zero attached hydrogens (tertiary/aromatic N) is 2. The minimum Gasteiger partial charge on any atom is -0.324 e. The molecule has 3 aromatic rings. The first-order valence-electron chi connectivity index (χ1n) is 8.39. The summed E-state index contributed by atoms with van der Waals surface area (Å²) in [4.78, 5) is 20.9. The van der Waals surface area contributed by atoms with Crippen LogP contribution in [0.1, 0.15) is 27.3 Å². The molecule has 8 heteroatoms. The number of carbonyl (C=O) groups excluding carboxylic acids is 1. The first-order chi connectivity index (χ1) is 13.2. The topological polar surface area (TPSA) is 66.9 Å². The number of carbonyl (C=O) groups is 1. The maximum atomic E-state index is 12.8. The zero-order chi connectivity index (χ0) is 20.3. The van der Waals surface area contributed by atoms with Gasteiger partial charge in [0, 0.05) is 17.1 Å². The van der Waals surface area contributed by atoms with Crippen LogP contribution in [-0.4, -0.2) is 15.9 Å². The van der Waals surface area contributed by atoms with Gasteiger partial charge in [-0.15, -0.1) is 0 Å². The Hall–Kier alpha value is -3.42. The Balaban J connectivity index is 1.80. The van der Waals surface area contributed by atoms with E-state index in [2.05, 4.69) is 20.6 Å². The molecule has 0 saturated heterocycles. The lowest BCUT2D eigenvalue weighted by molar-refractivity contribution is -0.137. The number of anilines is 3. The quantitative estimate of drug-likeness (QED) is 0.654. The van der Waals surface area contributed by atoms with Crippen molar-refractivity contribution in [2.75, 3.05) is 10.6 Å². The molecule has 5 nitrogen and oxygen atoms in total. The van der Waals surface area contributed by atoms with Gasteiger partial charge in [0.1, 0.15) is 5.69 Å². The SMILES string of the molecule is Cc1ccc(Nc2nc(C)cc(C(=O)Nc3cccc(C(F)(F)F)c3)n2)cc1. The van der Waals surface area contributed by atoms with Crippen LogP contribution in [-0.2, 0) is 6.18 Å². The number of benzene rings is 2. The average Bonchev–Trinajstić information content (AvgIpc) is 2.63. The van der Waals surface area contributed by atoms with Crippen molar-refractivity contribution in [2.45, 2.75) is 20.0 Å². The van der Waals surface area contributed by atoms with Gasteiger partial charge in [0.25, 0.3) is 5.91 Å². The standard InChI is InChI=1S/C20H17F3N4O/c1-12-6-8-15(9-7-12)26-19-24-13(2)10-17(27-19)18(28)25-16-5-3-4-14(11-16)20(21,22)23/h3-11H,1-2H3,(H,25,28)(H,24,26,27). The largest absolute Gasteiger partial charge is 0.416 e. The smallest absolute Gasteiger partial charge is 0.324 e. The lowest BCUT2D eigenvalue weighted by Gasteiger charge is -2.11. The van der Waals surface area contributed by atoms with E-state index >= 15 is 0 Å². The van der Waals surface area contributed by atoms with Gasteiger partial charge in [-0.3, -0.25) is 4.79 Å². The van der Waals surface area contributed by atoms with Crippen LogP contribution in [0, 0.1) is 13.8 Å². The van der Waals surface area contributed by atoms with Crippen LogP contribution in [0.2, 0.25) is 0 Å². The summed E-state index contributed by atoms with van der Waals surface area (Å²) in [5, 5.41) is 5.45. The van der Waals surface area contributed by atoms with Crippen molar-refractivity contribution in [2.24, 2.45) is 0 Å². The van der Waals surface area contributed by atoms with Crippen molar-refractivity contribution in [3.8, 4) is 0 Å². The van der Waals surface area contributed by atoms with Crippen molar-refractivity contribution < 1.29 is 18.0 Å². The van der Waals surface area contributed by atoms with E-state index in [1.807, 2.05) is 31.2 Å². The summed E-state index contributed by atoms with van der Waals surface area (Å²) >= 11 is 0. The summed E-state index contributed by atoms with van der Waals surface area (Å²) in [5.41, 5.74) is 1.62. The molecule has 144 valence electrons. The van der Waals surface area contributed by atoms with E-state index in [4.69, 9.17) is 0 Å². The predicted molar refractivity (Wildman–Crippen MR) is 101 cm³/mol. The van der Waals surface area contributed by atoms with Crippen LogP contribution >= 0.6 is 0 Å². The summed E-state index contributed by atoms with van der Waals surface area (Å²) in [6.45, 7) is 3.66. The molecule has 0 aliphatic rings. The monoisotopic (exact) mass is 386 g/mol. The van der Waals surface area contributed by atoms with Crippen LogP contribution in [0.5, 0.6) is 0 Å². The molecule has 1 heterocycles. The summed E-state index contributed by atoms with van der Waals surface area (Å²) < 4.78 is 38.5. The lowest BCUT2D eigenvalue weighted by Crippen LogP contribution is -2.16. The van der Waals surface area contributed by atoms with Crippen molar-refractivity contribution in [3.63, 3.8) is 0 Å². The highest BCUT2D eigenvalue weighted by Crippen LogP contribution is 2.30. The van der Waals surface area contributed by atoms with E-state index in [1.54, 1.807) is 6.92 Å². The van der Waals surface area contributed by atoms with E-state index in [0.29, 0.717) is 5.69 Å². The second-order valence-corrected chi connectivity index (χ2v) is 6.24. The molecule has 2 aromatic carbocycles. The maximum Gasteiger partial charge on any atom is 0.416 e. The van der Waals surface area contributed by atoms with E-state index < -0.39 is 17.6 Å². The van der Waals surface area contributed by atoms with Gasteiger partial charge in [0.2, 0.25) is 5.95 Å². The third kappa shape index (κ3) is 4.85. The van der Waals surface area contributed by atoms with E-state index in [1.165, 1.54) is 18.2 Å². The van der Waals surface area contributed by atoms with Crippen LogP contribution < -0.4 is 10.6 Å². The van der Waals surface area contributed by atoms with Crippen LogP contribution in [0.3, 0.4) is 0 Å². The average molecular weight is 386 g/mol. The second kappa shape index (κ2) is 7.67. The lowest BCUT2D eigenvalue weighted by atomic mass is 10.2. The molecule has 0 atom stereocenters. The highest BCUT2D eigenvalue weighted by molar-refractivity contribution is 6.03. The van der Waals surface area contributed by atoms with Crippen molar-refractivity contribution in [1.82, 2.24) is 9.97 Å². The Morgan fingerprint density at radius 3 is 2.32 bits per heavy atom. The third-order valence-corrected chi connectivity index (χ3v) is 3.84. The Bertz CT molecular complexity index is 1000. The van der Waals surface area contributed by atoms with Crippen LogP contribution in [0.15, 0.2) is 54.6 Å². The molecular formula is C20H17F3N4O. The summed E-state index contributed by atoms with van der Waals surface area (Å²) in [6, 6.07) is 13.4.